The summed E-state index contributed by atoms with van der Waals surface area (Å²) in [5.41, 5.74) is 3.63. The van der Waals surface area contributed by atoms with Gasteiger partial charge in [-0.25, -0.2) is 9.13 Å². The van der Waals surface area contributed by atoms with E-state index in [0.717, 1.165) is 0 Å². The van der Waals surface area contributed by atoms with Gasteiger partial charge in [0, 0.05) is 0 Å². The molecule has 0 amide bonds. The number of rotatable bonds is 2. The van der Waals surface area contributed by atoms with Gasteiger partial charge in [0.25, 0.3) is 6.33 Å². The minimum Gasteiger partial charge on any atom is -0.202 e. The number of aryl methyl sites for hydroxylation is 1. The van der Waals surface area contributed by atoms with Crippen molar-refractivity contribution in [1.29, 1.82) is 0 Å². The van der Waals surface area contributed by atoms with Gasteiger partial charge in [0.15, 0.2) is 0 Å². The fourth-order valence-electron chi connectivity index (χ4n) is 1.98. The fourth-order valence-corrected chi connectivity index (χ4v) is 1.98. The predicted octanol–water partition coefficient (Wildman–Crippen LogP) is 3.06. The molecule has 0 radical (unpaired) electrons. The normalized spacial score (nSPS) is 10.5. The summed E-state index contributed by atoms with van der Waals surface area (Å²) in [5.74, 6) is 0. The molecule has 88 valence electrons. The molecule has 3 aromatic rings. The highest BCUT2D eigenvalue weighted by molar-refractivity contribution is 5.31. The molecule has 0 aliphatic rings. The van der Waals surface area contributed by atoms with E-state index in [-0.39, 0.29) is 0 Å². The lowest BCUT2D eigenvalue weighted by atomic mass is 10.2. The molecule has 0 bridgehead atoms. The molecule has 1 aromatic heterocycles. The summed E-state index contributed by atoms with van der Waals surface area (Å²) >= 11 is 0. The Labute approximate surface area is 107 Å². The van der Waals surface area contributed by atoms with Crippen molar-refractivity contribution in [1.82, 2.24) is 4.57 Å². The molecular formula is C16H15N2+. The number of aromatic nitrogens is 2. The van der Waals surface area contributed by atoms with E-state index < -0.39 is 0 Å². The molecule has 1 heterocycles. The first-order valence-corrected chi connectivity index (χ1v) is 6.05. The lowest BCUT2D eigenvalue weighted by Gasteiger charge is -1.96. The van der Waals surface area contributed by atoms with Crippen LogP contribution >= 0.6 is 0 Å². The van der Waals surface area contributed by atoms with Crippen molar-refractivity contribution in [2.75, 3.05) is 0 Å². The van der Waals surface area contributed by atoms with E-state index in [9.17, 15) is 0 Å². The van der Waals surface area contributed by atoms with Crippen molar-refractivity contribution in [2.45, 2.75) is 6.92 Å². The molecule has 18 heavy (non-hydrogen) atoms. The molecule has 0 fully saturated rings. The summed E-state index contributed by atoms with van der Waals surface area (Å²) in [6.07, 6.45) is 6.22. The molecule has 0 saturated heterocycles. The largest absolute Gasteiger partial charge is 0.254 e. The zero-order chi connectivity index (χ0) is 12.4. The van der Waals surface area contributed by atoms with Crippen LogP contribution in [0, 0.1) is 6.92 Å². The molecule has 2 heteroatoms. The first kappa shape index (κ1) is 10.8. The second-order valence-corrected chi connectivity index (χ2v) is 4.40. The quantitative estimate of drug-likeness (QED) is 0.604. The summed E-state index contributed by atoms with van der Waals surface area (Å²) in [5, 5.41) is 0. The minimum atomic E-state index is 1.17. The van der Waals surface area contributed by atoms with Crippen LogP contribution in [0.4, 0.5) is 0 Å². The molecule has 0 N–H and O–H groups in total. The second-order valence-electron chi connectivity index (χ2n) is 4.40. The van der Waals surface area contributed by atoms with Gasteiger partial charge in [-0.05, 0) is 31.2 Å². The predicted molar refractivity (Wildman–Crippen MR) is 72.0 cm³/mol. The van der Waals surface area contributed by atoms with Crippen LogP contribution in [-0.2, 0) is 0 Å². The zero-order valence-corrected chi connectivity index (χ0v) is 10.3. The smallest absolute Gasteiger partial charge is 0.202 e. The Morgan fingerprint density at radius 2 is 1.61 bits per heavy atom. The van der Waals surface area contributed by atoms with Gasteiger partial charge < -0.3 is 0 Å². The van der Waals surface area contributed by atoms with Crippen molar-refractivity contribution in [2.24, 2.45) is 0 Å². The Hall–Kier alpha value is -2.35. The van der Waals surface area contributed by atoms with E-state index in [4.69, 9.17) is 0 Å². The van der Waals surface area contributed by atoms with Gasteiger partial charge >= 0.3 is 0 Å². The maximum atomic E-state index is 2.13. The Balaban J connectivity index is 1.97. The van der Waals surface area contributed by atoms with E-state index in [1.165, 1.54) is 16.9 Å². The number of imidazole rings is 1. The molecule has 0 aliphatic carbocycles. The van der Waals surface area contributed by atoms with E-state index in [1.54, 1.807) is 0 Å². The summed E-state index contributed by atoms with van der Waals surface area (Å²) in [6, 6.07) is 18.8. The van der Waals surface area contributed by atoms with Gasteiger partial charge in [-0.3, -0.25) is 0 Å². The molecule has 0 spiro atoms. The molecule has 2 nitrogen and oxygen atoms in total. The monoisotopic (exact) mass is 235 g/mol. The van der Waals surface area contributed by atoms with Gasteiger partial charge in [-0.15, -0.1) is 0 Å². The van der Waals surface area contributed by atoms with E-state index in [0.29, 0.717) is 0 Å². The third-order valence-electron chi connectivity index (χ3n) is 3.02. The van der Waals surface area contributed by atoms with Crippen LogP contribution in [0.25, 0.3) is 11.4 Å². The van der Waals surface area contributed by atoms with Crippen LogP contribution in [0.3, 0.4) is 0 Å². The molecule has 2 aromatic carbocycles. The van der Waals surface area contributed by atoms with Gasteiger partial charge in [0.2, 0.25) is 0 Å². The topological polar surface area (TPSA) is 8.81 Å². The van der Waals surface area contributed by atoms with Crippen LogP contribution in [0.2, 0.25) is 0 Å². The van der Waals surface area contributed by atoms with Crippen molar-refractivity contribution in [3.05, 3.63) is 78.9 Å². The van der Waals surface area contributed by atoms with Crippen molar-refractivity contribution < 1.29 is 4.57 Å². The summed E-state index contributed by atoms with van der Waals surface area (Å²) < 4.78 is 4.23. The Morgan fingerprint density at radius 3 is 2.33 bits per heavy atom. The molecule has 0 atom stereocenters. The summed E-state index contributed by atoms with van der Waals surface area (Å²) in [7, 11) is 0. The average molecular weight is 235 g/mol. The van der Waals surface area contributed by atoms with E-state index in [2.05, 4.69) is 71.2 Å². The van der Waals surface area contributed by atoms with Crippen LogP contribution in [0.1, 0.15) is 5.56 Å². The van der Waals surface area contributed by atoms with Gasteiger partial charge in [-0.2, -0.15) is 0 Å². The highest BCUT2D eigenvalue weighted by atomic mass is 15.1. The summed E-state index contributed by atoms with van der Waals surface area (Å²) in [6.45, 7) is 2.10. The molecule has 0 saturated carbocycles. The lowest BCUT2D eigenvalue weighted by molar-refractivity contribution is -0.594. The van der Waals surface area contributed by atoms with Crippen molar-refractivity contribution >= 4 is 0 Å². The van der Waals surface area contributed by atoms with Crippen LogP contribution in [-0.4, -0.2) is 4.57 Å². The number of nitrogens with zero attached hydrogens (tertiary/aromatic N) is 2. The first-order valence-electron chi connectivity index (χ1n) is 6.05. The van der Waals surface area contributed by atoms with Gasteiger partial charge in [0.1, 0.15) is 23.8 Å². The molecule has 3 rings (SSSR count). The molecule has 0 aliphatic heterocycles. The number of para-hydroxylation sites is 1. The fraction of sp³-hybridized carbons (Fsp3) is 0.0625. The minimum absolute atomic E-state index is 1.17. The highest BCUT2D eigenvalue weighted by Gasteiger charge is 2.07. The van der Waals surface area contributed by atoms with Crippen molar-refractivity contribution in [3.8, 4) is 11.4 Å². The zero-order valence-electron chi connectivity index (χ0n) is 10.3. The maximum absolute atomic E-state index is 2.13. The van der Waals surface area contributed by atoms with Gasteiger partial charge in [-0.1, -0.05) is 35.9 Å². The SMILES string of the molecule is Cc1ccc(-[n+]2ccn(-c3ccccc3)c2)cc1. The third kappa shape index (κ3) is 2.05. The van der Waals surface area contributed by atoms with E-state index >= 15 is 0 Å². The average Bonchev–Trinajstić information content (AvgIpc) is 2.90. The second kappa shape index (κ2) is 4.49. The van der Waals surface area contributed by atoms with Crippen LogP contribution in [0.5, 0.6) is 0 Å². The highest BCUT2D eigenvalue weighted by Crippen LogP contribution is 2.07. The Kier molecular flexibility index (Phi) is 2.69. The number of benzene rings is 2. The molecule has 0 unspecified atom stereocenters. The van der Waals surface area contributed by atoms with E-state index in [1.807, 2.05) is 18.2 Å². The van der Waals surface area contributed by atoms with Crippen molar-refractivity contribution in [3.63, 3.8) is 0 Å². The molecular weight excluding hydrogens is 220 g/mol. The maximum Gasteiger partial charge on any atom is 0.254 e. The Morgan fingerprint density at radius 1 is 0.889 bits per heavy atom. The van der Waals surface area contributed by atoms with Crippen LogP contribution < -0.4 is 4.57 Å². The standard InChI is InChI=1S/C16H15N2/c1-14-7-9-16(10-8-14)18-12-11-17(13-18)15-5-3-2-4-6-15/h2-13H,1H3/q+1. The number of hydrogen-bond acceptors (Lipinski definition) is 0. The third-order valence-corrected chi connectivity index (χ3v) is 3.02. The Bertz CT molecular complexity index is 636. The van der Waals surface area contributed by atoms with Crippen LogP contribution in [0.15, 0.2) is 73.3 Å². The lowest BCUT2D eigenvalue weighted by Crippen LogP contribution is -2.27. The summed E-state index contributed by atoms with van der Waals surface area (Å²) in [4.78, 5) is 0. The first-order chi connectivity index (χ1) is 8.83. The number of hydrogen-bond donors (Lipinski definition) is 0. The van der Waals surface area contributed by atoms with Gasteiger partial charge in [0.05, 0.1) is 0 Å².